The van der Waals surface area contributed by atoms with Gasteiger partial charge in [0.2, 0.25) is 0 Å². The van der Waals surface area contributed by atoms with Crippen molar-refractivity contribution in [2.24, 2.45) is 0 Å². The molecular formula is C27H23F3N4O2S2. The minimum absolute atomic E-state index is 0.0399. The molecule has 2 fully saturated rings. The van der Waals surface area contributed by atoms with Crippen LogP contribution in [0.25, 0.3) is 21.2 Å². The second-order valence-corrected chi connectivity index (χ2v) is 11.4. The van der Waals surface area contributed by atoms with Crippen LogP contribution in [0.1, 0.15) is 32.1 Å². The predicted octanol–water partition coefficient (Wildman–Crippen LogP) is 5.37. The van der Waals surface area contributed by atoms with E-state index in [9.17, 15) is 22.8 Å². The molecule has 2 aromatic heterocycles. The molecule has 6 nitrogen and oxygen atoms in total. The van der Waals surface area contributed by atoms with E-state index in [1.807, 2.05) is 23.1 Å². The van der Waals surface area contributed by atoms with E-state index in [0.717, 1.165) is 28.6 Å². The van der Waals surface area contributed by atoms with Crippen molar-refractivity contribution in [3.63, 3.8) is 0 Å². The van der Waals surface area contributed by atoms with Crippen LogP contribution in [0.4, 0.5) is 13.2 Å². The van der Waals surface area contributed by atoms with E-state index in [4.69, 9.17) is 0 Å². The molecule has 2 aromatic carbocycles. The van der Waals surface area contributed by atoms with Crippen LogP contribution in [0, 0.1) is 0 Å². The van der Waals surface area contributed by atoms with Gasteiger partial charge < -0.3 is 15.1 Å². The summed E-state index contributed by atoms with van der Waals surface area (Å²) in [5, 5.41) is 6.22. The number of nitrogens with one attached hydrogen (secondary N) is 1. The lowest BCUT2D eigenvalue weighted by molar-refractivity contribution is -0.137. The van der Waals surface area contributed by atoms with E-state index in [1.165, 1.54) is 28.7 Å². The monoisotopic (exact) mass is 556 g/mol. The molecular weight excluding hydrogens is 533 g/mol. The molecule has 0 spiro atoms. The van der Waals surface area contributed by atoms with Gasteiger partial charge in [-0.15, -0.1) is 22.7 Å². The maximum absolute atomic E-state index is 13.1. The number of thiazole rings is 1. The molecule has 2 aliphatic rings. The summed E-state index contributed by atoms with van der Waals surface area (Å²) in [5.74, 6) is -0.0847. The average Bonchev–Trinajstić information content (AvgIpc) is 3.65. The number of alkyl halides is 3. The zero-order chi connectivity index (χ0) is 26.4. The Morgan fingerprint density at radius 1 is 0.947 bits per heavy atom. The lowest BCUT2D eigenvalue weighted by Crippen LogP contribution is -2.61. The number of carbonyl (C=O) groups is 2. The van der Waals surface area contributed by atoms with Crippen molar-refractivity contribution < 1.29 is 22.8 Å². The molecule has 196 valence electrons. The molecule has 0 saturated carbocycles. The fourth-order valence-corrected chi connectivity index (χ4v) is 6.59. The smallest absolute Gasteiger partial charge is 0.336 e. The van der Waals surface area contributed by atoms with Gasteiger partial charge in [-0.05, 0) is 47.2 Å². The number of thiophene rings is 1. The highest BCUT2D eigenvalue weighted by Crippen LogP contribution is 2.35. The highest BCUT2D eigenvalue weighted by molar-refractivity contribution is 7.20. The Bertz CT molecular complexity index is 1500. The van der Waals surface area contributed by atoms with Gasteiger partial charge in [-0.25, -0.2) is 4.98 Å². The minimum Gasteiger partial charge on any atom is -0.336 e. The third kappa shape index (κ3) is 4.93. The Morgan fingerprint density at radius 2 is 1.74 bits per heavy atom. The first kappa shape index (κ1) is 25.0. The van der Waals surface area contributed by atoms with Crippen molar-refractivity contribution in [2.75, 3.05) is 26.2 Å². The first-order valence-corrected chi connectivity index (χ1v) is 13.9. The second kappa shape index (κ2) is 9.79. The number of hydrogen-bond donors (Lipinski definition) is 1. The summed E-state index contributed by atoms with van der Waals surface area (Å²) in [6, 6.07) is 13.0. The van der Waals surface area contributed by atoms with E-state index >= 15 is 0 Å². The summed E-state index contributed by atoms with van der Waals surface area (Å²) in [5.41, 5.74) is 2.62. The molecule has 4 heterocycles. The molecule has 38 heavy (non-hydrogen) atoms. The molecule has 6 rings (SSSR count). The number of rotatable bonds is 5. The van der Waals surface area contributed by atoms with Gasteiger partial charge in [0.25, 0.3) is 11.8 Å². The number of amides is 2. The Morgan fingerprint density at radius 3 is 2.50 bits per heavy atom. The first-order chi connectivity index (χ1) is 18.2. The largest absolute Gasteiger partial charge is 0.416 e. The van der Waals surface area contributed by atoms with Gasteiger partial charge in [0.15, 0.2) is 0 Å². The van der Waals surface area contributed by atoms with Crippen molar-refractivity contribution in [1.82, 2.24) is 20.1 Å². The Kier molecular flexibility index (Phi) is 6.45. The average molecular weight is 557 g/mol. The topological polar surface area (TPSA) is 65.5 Å². The fraction of sp³-hybridized carbons (Fsp3) is 0.296. The van der Waals surface area contributed by atoms with Crippen LogP contribution in [0.3, 0.4) is 0 Å². The summed E-state index contributed by atoms with van der Waals surface area (Å²) >= 11 is 2.76. The van der Waals surface area contributed by atoms with Crippen LogP contribution in [-0.4, -0.2) is 64.9 Å². The summed E-state index contributed by atoms with van der Waals surface area (Å²) in [6.07, 6.45) is -3.53. The minimum atomic E-state index is -4.40. The molecule has 11 heteroatoms. The normalized spacial score (nSPS) is 18.2. The van der Waals surface area contributed by atoms with Crippen LogP contribution in [0.15, 0.2) is 59.4 Å². The third-order valence-corrected chi connectivity index (χ3v) is 8.69. The first-order valence-electron chi connectivity index (χ1n) is 12.2. The Labute approximate surface area is 224 Å². The van der Waals surface area contributed by atoms with Crippen molar-refractivity contribution >= 4 is 44.6 Å². The van der Waals surface area contributed by atoms with E-state index in [-0.39, 0.29) is 23.9 Å². The van der Waals surface area contributed by atoms with Crippen LogP contribution in [-0.2, 0) is 6.18 Å². The summed E-state index contributed by atoms with van der Waals surface area (Å²) < 4.78 is 40.2. The van der Waals surface area contributed by atoms with E-state index in [2.05, 4.69) is 10.3 Å². The molecule has 1 unspecified atom stereocenters. The van der Waals surface area contributed by atoms with Gasteiger partial charge in [-0.3, -0.25) is 9.59 Å². The number of likely N-dealkylation sites (tertiary alicyclic amines) is 2. The van der Waals surface area contributed by atoms with E-state index in [1.54, 1.807) is 27.9 Å². The van der Waals surface area contributed by atoms with Crippen molar-refractivity contribution in [3.05, 3.63) is 75.6 Å². The quantitative estimate of drug-likeness (QED) is 0.359. The van der Waals surface area contributed by atoms with Gasteiger partial charge in [-0.1, -0.05) is 24.3 Å². The van der Waals surface area contributed by atoms with Crippen LogP contribution < -0.4 is 5.32 Å². The summed E-state index contributed by atoms with van der Waals surface area (Å²) in [6.45, 7) is 2.51. The molecule has 0 bridgehead atoms. The number of fused-ring (bicyclic) bond motifs is 1. The maximum atomic E-state index is 13.1. The van der Waals surface area contributed by atoms with Crippen LogP contribution in [0.2, 0.25) is 0 Å². The number of aromatic nitrogens is 1. The molecule has 0 aliphatic carbocycles. The number of halogens is 3. The molecule has 0 radical (unpaired) electrons. The number of hydrogen-bond acceptors (Lipinski definition) is 6. The maximum Gasteiger partial charge on any atom is 0.416 e. The fourth-order valence-electron chi connectivity index (χ4n) is 4.99. The number of nitrogens with zero attached hydrogens (tertiary/aromatic N) is 3. The van der Waals surface area contributed by atoms with Crippen molar-refractivity contribution in [3.8, 4) is 11.1 Å². The summed E-state index contributed by atoms with van der Waals surface area (Å²) in [7, 11) is 0. The third-order valence-electron chi connectivity index (χ3n) is 7.02. The number of carbonyl (C=O) groups excluding carboxylic acids is 2. The van der Waals surface area contributed by atoms with E-state index < -0.39 is 11.7 Å². The van der Waals surface area contributed by atoms with E-state index in [0.29, 0.717) is 47.9 Å². The van der Waals surface area contributed by atoms with Gasteiger partial charge in [0.1, 0.15) is 5.69 Å². The van der Waals surface area contributed by atoms with Crippen LogP contribution in [0.5, 0.6) is 0 Å². The molecule has 1 atom stereocenters. The highest BCUT2D eigenvalue weighted by Gasteiger charge is 2.36. The standard InChI is InChI=1S/C27H23F3N4O2S2/c28-27(29,30)19-3-1-2-16(8-19)17-4-5-18-10-24(38-23(18)9-17)26(36)34-12-21(13-34)32-20-6-7-33(11-20)25(35)22-14-37-15-31-22/h1-5,8-10,14-15,20-21,32H,6-7,11-13H2. The molecule has 2 saturated heterocycles. The Balaban J connectivity index is 1.06. The molecule has 4 aromatic rings. The van der Waals surface area contributed by atoms with Gasteiger partial charge in [-0.2, -0.15) is 13.2 Å². The second-order valence-electron chi connectivity index (χ2n) is 9.63. The lowest BCUT2D eigenvalue weighted by atomic mass is 10.0. The lowest BCUT2D eigenvalue weighted by Gasteiger charge is -2.40. The Hall–Kier alpha value is -3.28. The zero-order valence-electron chi connectivity index (χ0n) is 20.1. The van der Waals surface area contributed by atoms with Crippen molar-refractivity contribution in [2.45, 2.75) is 24.7 Å². The van der Waals surface area contributed by atoms with Gasteiger partial charge >= 0.3 is 6.18 Å². The molecule has 1 N–H and O–H groups in total. The predicted molar refractivity (Wildman–Crippen MR) is 142 cm³/mol. The van der Waals surface area contributed by atoms with Crippen LogP contribution >= 0.6 is 22.7 Å². The van der Waals surface area contributed by atoms with Gasteiger partial charge in [0, 0.05) is 48.3 Å². The molecule has 2 amide bonds. The molecule has 2 aliphatic heterocycles. The number of benzene rings is 2. The van der Waals surface area contributed by atoms with Gasteiger partial charge in [0.05, 0.1) is 16.0 Å². The highest BCUT2D eigenvalue weighted by atomic mass is 32.1. The zero-order valence-corrected chi connectivity index (χ0v) is 21.7. The van der Waals surface area contributed by atoms with Crippen molar-refractivity contribution in [1.29, 1.82) is 0 Å². The SMILES string of the molecule is O=C(c1cscn1)N1CCC(NC2CN(C(=O)c3cc4ccc(-c5cccc(C(F)(F)F)c5)cc4s3)C2)C1. The summed E-state index contributed by atoms with van der Waals surface area (Å²) in [4.78, 5) is 33.9.